The number of hydrogen-bond acceptors (Lipinski definition) is 3. The molecule has 0 bridgehead atoms. The number of piperidine rings is 1. The van der Waals surface area contributed by atoms with E-state index in [0.717, 1.165) is 6.54 Å². The van der Waals surface area contributed by atoms with E-state index in [1.54, 1.807) is 0 Å². The molecule has 0 aromatic carbocycles. The van der Waals surface area contributed by atoms with Crippen molar-refractivity contribution in [3.63, 3.8) is 0 Å². The average Bonchev–Trinajstić information content (AvgIpc) is 2.29. The van der Waals surface area contributed by atoms with Gasteiger partial charge in [0, 0.05) is 24.3 Å². The lowest BCUT2D eigenvalue weighted by Crippen LogP contribution is -2.49. The predicted molar refractivity (Wildman–Crippen MR) is 68.8 cm³/mol. The van der Waals surface area contributed by atoms with Gasteiger partial charge in [-0.3, -0.25) is 9.59 Å². The van der Waals surface area contributed by atoms with Gasteiger partial charge in [-0.1, -0.05) is 6.42 Å². The molecule has 0 aromatic heterocycles. The fourth-order valence-electron chi connectivity index (χ4n) is 2.37. The Kier molecular flexibility index (Phi) is 3.97. The Hall–Kier alpha value is -0.710. The first-order valence-electron chi connectivity index (χ1n) is 6.25. The van der Waals surface area contributed by atoms with Gasteiger partial charge in [0.25, 0.3) is 0 Å². The summed E-state index contributed by atoms with van der Waals surface area (Å²) in [4.78, 5) is 22.9. The van der Waals surface area contributed by atoms with Gasteiger partial charge in [0.15, 0.2) is 0 Å². The maximum atomic E-state index is 11.9. The Morgan fingerprint density at radius 1 is 1.59 bits per heavy atom. The highest BCUT2D eigenvalue weighted by Gasteiger charge is 2.37. The van der Waals surface area contributed by atoms with Crippen LogP contribution in [0.3, 0.4) is 0 Å². The van der Waals surface area contributed by atoms with Crippen LogP contribution in [0.1, 0.15) is 32.1 Å². The van der Waals surface area contributed by atoms with Crippen molar-refractivity contribution in [1.29, 1.82) is 0 Å². The highest BCUT2D eigenvalue weighted by Crippen LogP contribution is 2.42. The molecular formula is C12H20N2O2S. The van der Waals surface area contributed by atoms with Crippen molar-refractivity contribution >= 4 is 23.6 Å². The van der Waals surface area contributed by atoms with E-state index in [4.69, 9.17) is 0 Å². The van der Waals surface area contributed by atoms with Crippen molar-refractivity contribution in [2.45, 2.75) is 36.9 Å². The maximum Gasteiger partial charge on any atom is 0.224 e. The second-order valence-corrected chi connectivity index (χ2v) is 6.27. The molecule has 2 amide bonds. The van der Waals surface area contributed by atoms with Crippen molar-refractivity contribution < 1.29 is 9.59 Å². The van der Waals surface area contributed by atoms with Gasteiger partial charge in [0.05, 0.1) is 5.92 Å². The summed E-state index contributed by atoms with van der Waals surface area (Å²) in [5, 5.41) is 5.80. The molecule has 17 heavy (non-hydrogen) atoms. The Labute approximate surface area is 106 Å². The average molecular weight is 256 g/mol. The molecule has 1 heterocycles. The Morgan fingerprint density at radius 3 is 2.82 bits per heavy atom. The highest BCUT2D eigenvalue weighted by atomic mass is 32.2. The summed E-state index contributed by atoms with van der Waals surface area (Å²) >= 11 is 1.86. The smallest absolute Gasteiger partial charge is 0.224 e. The molecule has 1 aliphatic heterocycles. The van der Waals surface area contributed by atoms with Crippen molar-refractivity contribution in [2.75, 3.05) is 19.3 Å². The summed E-state index contributed by atoms with van der Waals surface area (Å²) in [6.07, 6.45) is 6.96. The lowest BCUT2D eigenvalue weighted by molar-refractivity contribution is -0.129. The third-order valence-electron chi connectivity index (χ3n) is 3.92. The standard InChI is InChI=1S/C12H20N2O2S/c1-17-12(5-2-6-12)8-14-11(16)9-3-4-10(15)13-7-9/h9H,2-8H2,1H3,(H,13,15)(H,14,16). The molecule has 1 saturated heterocycles. The fourth-order valence-corrected chi connectivity index (χ4v) is 3.29. The first-order chi connectivity index (χ1) is 8.15. The van der Waals surface area contributed by atoms with E-state index in [0.29, 0.717) is 19.4 Å². The summed E-state index contributed by atoms with van der Waals surface area (Å²) < 4.78 is 0.285. The summed E-state index contributed by atoms with van der Waals surface area (Å²) in [6.45, 7) is 1.27. The second kappa shape index (κ2) is 5.29. The number of nitrogens with one attached hydrogen (secondary N) is 2. The molecule has 0 spiro atoms. The maximum absolute atomic E-state index is 11.9. The van der Waals surface area contributed by atoms with Gasteiger partial charge in [-0.05, 0) is 25.5 Å². The summed E-state index contributed by atoms with van der Waals surface area (Å²) in [5.74, 6) is 0.130. The molecule has 1 atom stereocenters. The number of carbonyl (C=O) groups is 2. The molecule has 96 valence electrons. The Balaban J connectivity index is 1.75. The molecule has 2 N–H and O–H groups in total. The van der Waals surface area contributed by atoms with Crippen LogP contribution in [-0.4, -0.2) is 35.9 Å². The highest BCUT2D eigenvalue weighted by molar-refractivity contribution is 8.00. The molecule has 4 nitrogen and oxygen atoms in total. The van der Waals surface area contributed by atoms with E-state index in [1.807, 2.05) is 11.8 Å². The number of hydrogen-bond donors (Lipinski definition) is 2. The fraction of sp³-hybridized carbons (Fsp3) is 0.833. The monoisotopic (exact) mass is 256 g/mol. The predicted octanol–water partition coefficient (Wildman–Crippen LogP) is 0.914. The first kappa shape index (κ1) is 12.7. The van der Waals surface area contributed by atoms with Crippen LogP contribution in [0.4, 0.5) is 0 Å². The molecular weight excluding hydrogens is 236 g/mol. The molecule has 2 rings (SSSR count). The molecule has 1 saturated carbocycles. The number of rotatable bonds is 4. The Morgan fingerprint density at radius 2 is 2.35 bits per heavy atom. The van der Waals surface area contributed by atoms with Gasteiger partial charge in [-0.2, -0.15) is 11.8 Å². The zero-order chi connectivity index (χ0) is 12.3. The molecule has 1 aliphatic carbocycles. The van der Waals surface area contributed by atoms with E-state index in [9.17, 15) is 9.59 Å². The normalized spacial score (nSPS) is 26.9. The van der Waals surface area contributed by atoms with Crippen LogP contribution in [0.25, 0.3) is 0 Å². The summed E-state index contributed by atoms with van der Waals surface area (Å²) in [5.41, 5.74) is 0. The van der Waals surface area contributed by atoms with Crippen LogP contribution >= 0.6 is 11.8 Å². The van der Waals surface area contributed by atoms with Gasteiger partial charge >= 0.3 is 0 Å². The van der Waals surface area contributed by atoms with Gasteiger partial charge in [0.2, 0.25) is 11.8 Å². The van der Waals surface area contributed by atoms with Gasteiger partial charge in [-0.25, -0.2) is 0 Å². The zero-order valence-electron chi connectivity index (χ0n) is 10.3. The molecule has 2 aliphatic rings. The van der Waals surface area contributed by atoms with Crippen LogP contribution in [-0.2, 0) is 9.59 Å². The van der Waals surface area contributed by atoms with Gasteiger partial charge < -0.3 is 10.6 Å². The quantitative estimate of drug-likeness (QED) is 0.786. The minimum Gasteiger partial charge on any atom is -0.355 e. The van der Waals surface area contributed by atoms with E-state index in [2.05, 4.69) is 16.9 Å². The molecule has 5 heteroatoms. The second-order valence-electron chi connectivity index (χ2n) is 5.00. The van der Waals surface area contributed by atoms with Crippen molar-refractivity contribution in [3.8, 4) is 0 Å². The minimum absolute atomic E-state index is 0.0355. The number of carbonyl (C=O) groups excluding carboxylic acids is 2. The van der Waals surface area contributed by atoms with Gasteiger partial charge in [0.1, 0.15) is 0 Å². The molecule has 1 unspecified atom stereocenters. The van der Waals surface area contributed by atoms with Crippen molar-refractivity contribution in [1.82, 2.24) is 10.6 Å². The van der Waals surface area contributed by atoms with E-state index in [1.165, 1.54) is 19.3 Å². The van der Waals surface area contributed by atoms with Gasteiger partial charge in [-0.15, -0.1) is 0 Å². The Bertz CT molecular complexity index is 300. The lowest BCUT2D eigenvalue weighted by atomic mass is 9.84. The van der Waals surface area contributed by atoms with Crippen LogP contribution in [0, 0.1) is 5.92 Å². The third kappa shape index (κ3) is 2.94. The van der Waals surface area contributed by atoms with Crippen LogP contribution in [0.2, 0.25) is 0 Å². The lowest BCUT2D eigenvalue weighted by Gasteiger charge is -2.40. The molecule has 0 aromatic rings. The largest absolute Gasteiger partial charge is 0.355 e. The van der Waals surface area contributed by atoms with Crippen LogP contribution < -0.4 is 10.6 Å². The third-order valence-corrected chi connectivity index (χ3v) is 5.34. The number of thioether (sulfide) groups is 1. The summed E-state index contributed by atoms with van der Waals surface area (Å²) in [7, 11) is 0. The number of amides is 2. The first-order valence-corrected chi connectivity index (χ1v) is 7.47. The van der Waals surface area contributed by atoms with Crippen LogP contribution in [0.5, 0.6) is 0 Å². The van der Waals surface area contributed by atoms with E-state index >= 15 is 0 Å². The van der Waals surface area contributed by atoms with Crippen LogP contribution in [0.15, 0.2) is 0 Å². The zero-order valence-corrected chi connectivity index (χ0v) is 11.1. The SMILES string of the molecule is CSC1(CNC(=O)C2CCC(=O)NC2)CCC1. The van der Waals surface area contributed by atoms with E-state index in [-0.39, 0.29) is 22.5 Å². The van der Waals surface area contributed by atoms with Crippen molar-refractivity contribution in [3.05, 3.63) is 0 Å². The minimum atomic E-state index is -0.0355. The topological polar surface area (TPSA) is 58.2 Å². The summed E-state index contributed by atoms with van der Waals surface area (Å²) in [6, 6.07) is 0. The van der Waals surface area contributed by atoms with Crippen molar-refractivity contribution in [2.24, 2.45) is 5.92 Å². The molecule has 0 radical (unpaired) electrons. The molecule has 2 fully saturated rings. The van der Waals surface area contributed by atoms with E-state index < -0.39 is 0 Å².